The summed E-state index contributed by atoms with van der Waals surface area (Å²) in [5, 5.41) is 2.67. The molecule has 0 aromatic heterocycles. The maximum Gasteiger partial charge on any atom is 0.261 e. The molecular formula is C34H48O2Si2. The summed E-state index contributed by atoms with van der Waals surface area (Å²) in [5.41, 5.74) is 1.36. The van der Waals surface area contributed by atoms with E-state index in [9.17, 15) is 0 Å². The van der Waals surface area contributed by atoms with E-state index in [2.05, 4.69) is 158 Å². The highest BCUT2D eigenvalue weighted by molar-refractivity contribution is 6.99. The molecule has 0 heterocycles. The third-order valence-electron chi connectivity index (χ3n) is 7.93. The van der Waals surface area contributed by atoms with Gasteiger partial charge in [0.15, 0.2) is 8.32 Å². The van der Waals surface area contributed by atoms with Crippen LogP contribution in [-0.4, -0.2) is 29.3 Å². The van der Waals surface area contributed by atoms with Gasteiger partial charge in [-0.25, -0.2) is 0 Å². The molecule has 2 nitrogen and oxygen atoms in total. The molecule has 3 aromatic rings. The molecule has 1 atom stereocenters. The average molecular weight is 545 g/mol. The third-order valence-corrected chi connectivity index (χ3v) is 17.4. The Morgan fingerprint density at radius 1 is 0.684 bits per heavy atom. The second-order valence-corrected chi connectivity index (χ2v) is 21.9. The van der Waals surface area contributed by atoms with Crippen molar-refractivity contribution in [3.63, 3.8) is 0 Å². The quantitative estimate of drug-likeness (QED) is 0.179. The summed E-state index contributed by atoms with van der Waals surface area (Å²) in [7, 11) is -4.64. The van der Waals surface area contributed by atoms with Crippen molar-refractivity contribution in [1.82, 2.24) is 0 Å². The van der Waals surface area contributed by atoms with Crippen LogP contribution >= 0.6 is 0 Å². The lowest BCUT2D eigenvalue weighted by molar-refractivity contribution is 0.144. The van der Waals surface area contributed by atoms with Crippen LogP contribution in [0, 0.1) is 0 Å². The molecule has 0 unspecified atom stereocenters. The van der Waals surface area contributed by atoms with Crippen molar-refractivity contribution in [1.29, 1.82) is 0 Å². The fourth-order valence-electron chi connectivity index (χ4n) is 4.80. The summed E-state index contributed by atoms with van der Waals surface area (Å²) in [5.74, 6) is 0. The van der Waals surface area contributed by atoms with E-state index in [-0.39, 0.29) is 16.2 Å². The van der Waals surface area contributed by atoms with Crippen molar-refractivity contribution in [3.8, 4) is 0 Å². The number of rotatable bonds is 11. The number of allylic oxidation sites excluding steroid dienone is 1. The summed E-state index contributed by atoms with van der Waals surface area (Å²) in [6.45, 7) is 19.1. The van der Waals surface area contributed by atoms with Crippen molar-refractivity contribution >= 4 is 27.0 Å². The zero-order valence-electron chi connectivity index (χ0n) is 24.8. The van der Waals surface area contributed by atoms with Crippen molar-refractivity contribution in [2.45, 2.75) is 83.7 Å². The molecular weight excluding hydrogens is 497 g/mol. The van der Waals surface area contributed by atoms with E-state index in [4.69, 9.17) is 8.85 Å². The molecule has 3 rings (SSSR count). The van der Waals surface area contributed by atoms with E-state index in [0.29, 0.717) is 6.61 Å². The Kier molecular flexibility index (Phi) is 10.2. The first kappa shape index (κ1) is 30.3. The Morgan fingerprint density at radius 2 is 1.16 bits per heavy atom. The predicted molar refractivity (Wildman–Crippen MR) is 170 cm³/mol. The highest BCUT2D eigenvalue weighted by Gasteiger charge is 2.50. The van der Waals surface area contributed by atoms with Crippen LogP contribution in [0.15, 0.2) is 103 Å². The zero-order valence-corrected chi connectivity index (χ0v) is 26.8. The Labute approximate surface area is 234 Å². The molecule has 0 aliphatic carbocycles. The Bertz CT molecular complexity index is 1090. The van der Waals surface area contributed by atoms with Gasteiger partial charge in [-0.2, -0.15) is 0 Å². The van der Waals surface area contributed by atoms with Crippen LogP contribution in [0.5, 0.6) is 0 Å². The van der Waals surface area contributed by atoms with Gasteiger partial charge < -0.3 is 8.85 Å². The molecule has 0 amide bonds. The van der Waals surface area contributed by atoms with Crippen LogP contribution in [0.1, 0.15) is 53.5 Å². The first-order valence-corrected chi connectivity index (χ1v) is 18.8. The monoisotopic (exact) mass is 544 g/mol. The van der Waals surface area contributed by atoms with Gasteiger partial charge in [0.1, 0.15) is 0 Å². The Hall–Kier alpha value is -2.25. The van der Waals surface area contributed by atoms with Gasteiger partial charge in [0.2, 0.25) is 0 Å². The van der Waals surface area contributed by atoms with Crippen LogP contribution in [-0.2, 0) is 15.3 Å². The van der Waals surface area contributed by atoms with Gasteiger partial charge in [-0.3, -0.25) is 0 Å². The van der Waals surface area contributed by atoms with Crippen molar-refractivity contribution < 1.29 is 8.85 Å². The van der Waals surface area contributed by atoms with Crippen molar-refractivity contribution in [3.05, 3.63) is 109 Å². The summed E-state index contributed by atoms with van der Waals surface area (Å²) < 4.78 is 14.3. The number of hydrogen-bond acceptors (Lipinski definition) is 2. The van der Waals surface area contributed by atoms with Gasteiger partial charge in [0, 0.05) is 0 Å². The van der Waals surface area contributed by atoms with Crippen molar-refractivity contribution in [2.24, 2.45) is 0 Å². The van der Waals surface area contributed by atoms with Gasteiger partial charge in [-0.1, -0.05) is 145 Å². The minimum Gasteiger partial charge on any atom is -0.408 e. The Balaban J connectivity index is 1.94. The topological polar surface area (TPSA) is 18.5 Å². The molecule has 0 fully saturated rings. The lowest BCUT2D eigenvalue weighted by atomic mass is 10.1. The zero-order chi connectivity index (χ0) is 27.9. The first-order valence-electron chi connectivity index (χ1n) is 14.0. The number of hydrogen-bond donors (Lipinski definition) is 0. The predicted octanol–water partition coefficient (Wildman–Crippen LogP) is 8.14. The van der Waals surface area contributed by atoms with E-state index in [1.165, 1.54) is 15.9 Å². The molecule has 0 saturated heterocycles. The number of aryl methyl sites for hydroxylation is 1. The summed E-state index contributed by atoms with van der Waals surface area (Å²) in [6.07, 6.45) is 6.48. The van der Waals surface area contributed by atoms with Gasteiger partial charge in [0.25, 0.3) is 8.32 Å². The molecule has 0 bridgehead atoms. The van der Waals surface area contributed by atoms with Crippen LogP contribution < -0.4 is 10.4 Å². The lowest BCUT2D eigenvalue weighted by Crippen LogP contribution is -2.67. The average Bonchev–Trinajstić information content (AvgIpc) is 2.87. The molecule has 3 aromatic carbocycles. The second-order valence-electron chi connectivity index (χ2n) is 12.8. The Morgan fingerprint density at radius 3 is 1.61 bits per heavy atom. The summed E-state index contributed by atoms with van der Waals surface area (Å²) in [4.78, 5) is 0. The summed E-state index contributed by atoms with van der Waals surface area (Å²) >= 11 is 0. The van der Waals surface area contributed by atoms with E-state index >= 15 is 0 Å². The van der Waals surface area contributed by atoms with Crippen LogP contribution in [0.3, 0.4) is 0 Å². The highest BCUT2D eigenvalue weighted by atomic mass is 28.4. The van der Waals surface area contributed by atoms with Crippen molar-refractivity contribution in [2.75, 3.05) is 6.61 Å². The molecule has 0 saturated carbocycles. The lowest BCUT2D eigenvalue weighted by Gasteiger charge is -2.44. The smallest absolute Gasteiger partial charge is 0.261 e. The van der Waals surface area contributed by atoms with Gasteiger partial charge >= 0.3 is 0 Å². The summed E-state index contributed by atoms with van der Waals surface area (Å²) in [6, 6.07) is 32.5. The number of benzene rings is 3. The van der Waals surface area contributed by atoms with E-state index in [1.807, 2.05) is 0 Å². The molecule has 4 heteroatoms. The standard InChI is InChI=1S/C34H48O2Si2/c1-33(2,3)37(7,8)36-30(23-19-18-22-29-20-12-9-13-21-29)28-35-38(34(4,5)6,31-24-14-10-15-25-31)32-26-16-11-17-27-32/h9-17,19-21,23-27,30H,18,22,28H2,1-8H3/b23-19-/t30-/m0/s1. The maximum absolute atomic E-state index is 7.29. The normalized spacial score (nSPS) is 14.1. The largest absolute Gasteiger partial charge is 0.408 e. The van der Waals surface area contributed by atoms with Crippen LogP contribution in [0.25, 0.3) is 0 Å². The van der Waals surface area contributed by atoms with E-state index in [0.717, 1.165) is 12.8 Å². The third kappa shape index (κ3) is 7.44. The maximum atomic E-state index is 7.29. The van der Waals surface area contributed by atoms with E-state index in [1.54, 1.807) is 0 Å². The minimum atomic E-state index is -2.63. The fraction of sp³-hybridized carbons (Fsp3) is 0.412. The molecule has 38 heavy (non-hydrogen) atoms. The highest BCUT2D eigenvalue weighted by Crippen LogP contribution is 2.39. The molecule has 0 radical (unpaired) electrons. The molecule has 0 aliphatic heterocycles. The minimum absolute atomic E-state index is 0.0613. The molecule has 204 valence electrons. The molecule has 0 N–H and O–H groups in total. The SMILES string of the molecule is CC(C)(C)[Si](C)(C)O[C@@H](/C=C\CCc1ccccc1)CO[Si](c1ccccc1)(c1ccccc1)C(C)(C)C. The van der Waals surface area contributed by atoms with Gasteiger partial charge in [-0.15, -0.1) is 0 Å². The van der Waals surface area contributed by atoms with Crippen LogP contribution in [0.4, 0.5) is 0 Å². The van der Waals surface area contributed by atoms with Gasteiger partial charge in [-0.05, 0) is 51.9 Å². The fourth-order valence-corrected chi connectivity index (χ4v) is 10.6. The van der Waals surface area contributed by atoms with Crippen LogP contribution in [0.2, 0.25) is 23.2 Å². The van der Waals surface area contributed by atoms with Gasteiger partial charge in [0.05, 0.1) is 12.7 Å². The van der Waals surface area contributed by atoms with E-state index < -0.39 is 16.6 Å². The second kappa shape index (κ2) is 12.7. The molecule has 0 spiro atoms. The first-order chi connectivity index (χ1) is 17.9. The molecule has 0 aliphatic rings.